The van der Waals surface area contributed by atoms with Gasteiger partial charge in [0.15, 0.2) is 0 Å². The molecule has 0 saturated heterocycles. The number of hydrogen-bond donors (Lipinski definition) is 3. The topological polar surface area (TPSA) is 132 Å². The van der Waals surface area contributed by atoms with E-state index in [0.29, 0.717) is 17.7 Å². The summed E-state index contributed by atoms with van der Waals surface area (Å²) in [7, 11) is 1.52. The Balaban J connectivity index is 1.97. The summed E-state index contributed by atoms with van der Waals surface area (Å²) in [5.74, 6) is -1.18. The average molecular weight is 419 g/mol. The van der Waals surface area contributed by atoms with Gasteiger partial charge in [-0.3, -0.25) is 9.59 Å². The minimum Gasteiger partial charge on any atom is -0.497 e. The van der Waals surface area contributed by atoms with E-state index in [4.69, 9.17) is 14.2 Å². The van der Waals surface area contributed by atoms with E-state index >= 15 is 0 Å². The Kier molecular flexibility index (Phi) is 8.21. The zero-order valence-electron chi connectivity index (χ0n) is 17.1. The molecule has 1 aliphatic rings. The van der Waals surface area contributed by atoms with Crippen molar-refractivity contribution >= 4 is 23.9 Å². The van der Waals surface area contributed by atoms with E-state index in [1.807, 2.05) is 0 Å². The van der Waals surface area contributed by atoms with E-state index in [0.717, 1.165) is 0 Å². The molecule has 1 aromatic rings. The molecule has 2 rings (SSSR count). The maximum Gasteiger partial charge on any atom is 0.338 e. The molecule has 0 aromatic heterocycles. The fourth-order valence-electron chi connectivity index (χ4n) is 2.78. The zero-order chi connectivity index (χ0) is 22.1. The third-order valence-electron chi connectivity index (χ3n) is 4.27. The Morgan fingerprint density at radius 2 is 1.80 bits per heavy atom. The third-order valence-corrected chi connectivity index (χ3v) is 4.27. The van der Waals surface area contributed by atoms with Crippen molar-refractivity contribution in [3.05, 3.63) is 41.1 Å². The van der Waals surface area contributed by atoms with E-state index in [9.17, 15) is 19.2 Å². The number of amides is 3. The van der Waals surface area contributed by atoms with Crippen LogP contribution in [0.1, 0.15) is 30.6 Å². The molecule has 3 amide bonds. The number of benzene rings is 1. The highest BCUT2D eigenvalue weighted by Gasteiger charge is 2.32. The minimum atomic E-state index is -0.728. The summed E-state index contributed by atoms with van der Waals surface area (Å²) in [5.41, 5.74) is 0.709. The molecule has 1 aromatic carbocycles. The van der Waals surface area contributed by atoms with Gasteiger partial charge < -0.3 is 30.2 Å². The lowest BCUT2D eigenvalue weighted by molar-refractivity contribution is -0.142. The monoisotopic (exact) mass is 419 g/mol. The van der Waals surface area contributed by atoms with Crippen LogP contribution in [0.3, 0.4) is 0 Å². The summed E-state index contributed by atoms with van der Waals surface area (Å²) in [5, 5.41) is 7.55. The molecule has 1 atom stereocenters. The van der Waals surface area contributed by atoms with Crippen molar-refractivity contribution in [2.45, 2.75) is 26.3 Å². The summed E-state index contributed by atoms with van der Waals surface area (Å²) in [4.78, 5) is 48.2. The summed E-state index contributed by atoms with van der Waals surface area (Å²) >= 11 is 0. The number of methoxy groups -OCH3 is 1. The van der Waals surface area contributed by atoms with Crippen molar-refractivity contribution in [2.24, 2.45) is 0 Å². The SMILES string of the molecule is CCOC(=O)C1=C(COC(=O)CNC(=O)c2ccc(OC)cc2)NC(=O)N[C@H]1CC. The number of esters is 2. The lowest BCUT2D eigenvalue weighted by atomic mass is 10.0. The van der Waals surface area contributed by atoms with Crippen molar-refractivity contribution in [2.75, 3.05) is 26.9 Å². The Hall–Kier alpha value is -3.56. The van der Waals surface area contributed by atoms with Gasteiger partial charge >= 0.3 is 18.0 Å². The summed E-state index contributed by atoms with van der Waals surface area (Å²) in [6.07, 6.45) is 0.455. The first-order valence-corrected chi connectivity index (χ1v) is 9.45. The molecule has 3 N–H and O–H groups in total. The molecule has 10 heteroatoms. The molecule has 1 heterocycles. The fourth-order valence-corrected chi connectivity index (χ4v) is 2.78. The lowest BCUT2D eigenvalue weighted by Crippen LogP contribution is -2.51. The van der Waals surface area contributed by atoms with Gasteiger partial charge in [-0.2, -0.15) is 0 Å². The van der Waals surface area contributed by atoms with Crippen LogP contribution in [0, 0.1) is 0 Å². The molecule has 162 valence electrons. The molecule has 1 aliphatic heterocycles. The first kappa shape index (κ1) is 22.7. The van der Waals surface area contributed by atoms with Crippen LogP contribution in [0.2, 0.25) is 0 Å². The highest BCUT2D eigenvalue weighted by atomic mass is 16.5. The molecule has 0 bridgehead atoms. The lowest BCUT2D eigenvalue weighted by Gasteiger charge is -2.28. The molecular weight excluding hydrogens is 394 g/mol. The fraction of sp³-hybridized carbons (Fsp3) is 0.400. The average Bonchev–Trinajstić information content (AvgIpc) is 2.75. The van der Waals surface area contributed by atoms with E-state index in [1.54, 1.807) is 38.1 Å². The second-order valence-corrected chi connectivity index (χ2v) is 6.24. The predicted molar refractivity (Wildman–Crippen MR) is 106 cm³/mol. The Bertz CT molecular complexity index is 833. The molecule has 0 spiro atoms. The number of ether oxygens (including phenoxy) is 3. The van der Waals surface area contributed by atoms with Crippen LogP contribution in [-0.4, -0.2) is 56.8 Å². The summed E-state index contributed by atoms with van der Waals surface area (Å²) in [6, 6.07) is 5.31. The molecule has 0 fully saturated rings. The van der Waals surface area contributed by atoms with Gasteiger partial charge in [-0.1, -0.05) is 6.92 Å². The first-order chi connectivity index (χ1) is 14.4. The Morgan fingerprint density at radius 1 is 1.10 bits per heavy atom. The van der Waals surface area contributed by atoms with Gasteiger partial charge in [0, 0.05) is 5.56 Å². The molecule has 0 saturated carbocycles. The normalized spacial score (nSPS) is 15.6. The van der Waals surface area contributed by atoms with Crippen LogP contribution in [0.5, 0.6) is 5.75 Å². The van der Waals surface area contributed by atoms with Crippen molar-refractivity contribution in [3.63, 3.8) is 0 Å². The number of carbonyl (C=O) groups excluding carboxylic acids is 4. The van der Waals surface area contributed by atoms with Crippen molar-refractivity contribution in [3.8, 4) is 5.75 Å². The van der Waals surface area contributed by atoms with Crippen LogP contribution in [0.4, 0.5) is 4.79 Å². The Morgan fingerprint density at radius 3 is 2.40 bits per heavy atom. The van der Waals surface area contributed by atoms with Crippen LogP contribution in [-0.2, 0) is 19.1 Å². The molecule has 30 heavy (non-hydrogen) atoms. The van der Waals surface area contributed by atoms with Gasteiger partial charge in [0.25, 0.3) is 5.91 Å². The van der Waals surface area contributed by atoms with Crippen LogP contribution in [0.15, 0.2) is 35.5 Å². The summed E-state index contributed by atoms with van der Waals surface area (Å²) in [6.45, 7) is 2.91. The van der Waals surface area contributed by atoms with E-state index < -0.39 is 29.9 Å². The number of hydrogen-bond acceptors (Lipinski definition) is 7. The van der Waals surface area contributed by atoms with Gasteiger partial charge in [0.1, 0.15) is 18.9 Å². The number of carbonyl (C=O) groups is 4. The van der Waals surface area contributed by atoms with E-state index in [-0.39, 0.29) is 31.0 Å². The van der Waals surface area contributed by atoms with Crippen molar-refractivity contribution in [1.29, 1.82) is 0 Å². The number of urea groups is 1. The first-order valence-electron chi connectivity index (χ1n) is 9.45. The van der Waals surface area contributed by atoms with Crippen molar-refractivity contribution in [1.82, 2.24) is 16.0 Å². The predicted octanol–water partition coefficient (Wildman–Crippen LogP) is 0.877. The molecule has 0 aliphatic carbocycles. The number of nitrogens with one attached hydrogen (secondary N) is 3. The van der Waals surface area contributed by atoms with Gasteiger partial charge in [0.2, 0.25) is 0 Å². The second-order valence-electron chi connectivity index (χ2n) is 6.24. The maximum absolute atomic E-state index is 12.3. The Labute approximate surface area is 173 Å². The van der Waals surface area contributed by atoms with Crippen molar-refractivity contribution < 1.29 is 33.4 Å². The van der Waals surface area contributed by atoms with Gasteiger partial charge in [-0.15, -0.1) is 0 Å². The van der Waals surface area contributed by atoms with Gasteiger partial charge in [-0.05, 0) is 37.6 Å². The maximum atomic E-state index is 12.3. The van der Waals surface area contributed by atoms with Gasteiger partial charge in [-0.25, -0.2) is 9.59 Å². The van der Waals surface area contributed by atoms with Gasteiger partial charge in [0.05, 0.1) is 31.0 Å². The quantitative estimate of drug-likeness (QED) is 0.506. The van der Waals surface area contributed by atoms with Crippen LogP contribution < -0.4 is 20.7 Å². The summed E-state index contributed by atoms with van der Waals surface area (Å²) < 4.78 is 15.2. The zero-order valence-corrected chi connectivity index (χ0v) is 17.1. The van der Waals surface area contributed by atoms with Crippen LogP contribution in [0.25, 0.3) is 0 Å². The second kappa shape index (κ2) is 10.8. The molecule has 0 radical (unpaired) electrons. The minimum absolute atomic E-state index is 0.152. The number of rotatable bonds is 9. The van der Waals surface area contributed by atoms with E-state index in [1.165, 1.54) is 7.11 Å². The van der Waals surface area contributed by atoms with E-state index in [2.05, 4.69) is 16.0 Å². The largest absolute Gasteiger partial charge is 0.497 e. The standard InChI is InChI=1S/C20H25N3O7/c1-4-14-17(19(26)29-5-2)15(23-20(27)22-14)11-30-16(24)10-21-18(25)12-6-8-13(28-3)9-7-12/h6-9,14H,4-5,10-11H2,1-3H3,(H,21,25)(H2,22,23,27)/t14-/m0/s1. The van der Waals surface area contributed by atoms with Crippen LogP contribution >= 0.6 is 0 Å². The molecule has 0 unspecified atom stereocenters. The molecular formula is C20H25N3O7. The third kappa shape index (κ3) is 5.97. The smallest absolute Gasteiger partial charge is 0.338 e. The highest BCUT2D eigenvalue weighted by molar-refractivity contribution is 5.96. The molecule has 10 nitrogen and oxygen atoms in total. The highest BCUT2D eigenvalue weighted by Crippen LogP contribution is 2.17.